The fourth-order valence-corrected chi connectivity index (χ4v) is 15.5. The number of hydrogen-bond donors (Lipinski definition) is 10. The molecule has 6 aliphatic rings. The average Bonchev–Trinajstić information content (AvgIpc) is 1.62. The number of aromatic nitrogens is 6. The molecule has 12 bridgehead atoms. The minimum Gasteiger partial charge on any atom is -0.487 e. The summed E-state index contributed by atoms with van der Waals surface area (Å²) in [6, 6.07) is 18.0. The van der Waals surface area contributed by atoms with E-state index < -0.39 is 199 Å². The van der Waals surface area contributed by atoms with Crippen molar-refractivity contribution in [2.75, 3.05) is 27.2 Å². The highest BCUT2D eigenvalue weighted by Crippen LogP contribution is 2.35. The summed E-state index contributed by atoms with van der Waals surface area (Å²) in [5, 5.41) is 41.5. The highest BCUT2D eigenvalue weighted by atomic mass is 32.2. The van der Waals surface area contributed by atoms with E-state index in [1.165, 1.54) is 94.2 Å². The Kier molecular flexibility index (Phi) is 28.3. The minimum atomic E-state index is -6.44. The summed E-state index contributed by atoms with van der Waals surface area (Å²) < 4.78 is 153. The van der Waals surface area contributed by atoms with Crippen LogP contribution in [0.2, 0.25) is 0 Å². The van der Waals surface area contributed by atoms with Gasteiger partial charge in [-0.05, 0) is 107 Å². The molecule has 0 aliphatic carbocycles. The minimum absolute atomic E-state index is 0.0930. The lowest BCUT2D eigenvalue weighted by Gasteiger charge is -2.36. The predicted octanol–water partition coefficient (Wildman–Crippen LogP) is 4.05. The second-order valence-electron chi connectivity index (χ2n) is 32.9. The molecule has 0 spiro atoms. The Bertz CT molecular complexity index is 5220. The van der Waals surface area contributed by atoms with Gasteiger partial charge in [-0.25, -0.2) is 18.8 Å². The van der Waals surface area contributed by atoms with E-state index in [2.05, 4.69) is 63.2 Å². The number of likely N-dealkylation sites (tertiary alicyclic amines) is 2. The zero-order valence-electron chi connectivity index (χ0n) is 69.0. The molecular formula is C82H96F6N18O16S2. The fourth-order valence-electron chi connectivity index (χ4n) is 14.4. The van der Waals surface area contributed by atoms with Gasteiger partial charge in [0.15, 0.2) is 0 Å². The van der Waals surface area contributed by atoms with Gasteiger partial charge < -0.3 is 61.8 Å². The summed E-state index contributed by atoms with van der Waals surface area (Å²) in [6.07, 6.45) is 0.114. The van der Waals surface area contributed by atoms with Gasteiger partial charge in [-0.3, -0.25) is 47.9 Å². The topological polar surface area (TPSA) is 446 Å². The van der Waals surface area contributed by atoms with E-state index in [1.54, 1.807) is 140 Å². The van der Waals surface area contributed by atoms with Gasteiger partial charge in [0.2, 0.25) is 47.3 Å². The van der Waals surface area contributed by atoms with Crippen LogP contribution in [-0.2, 0) is 107 Å². The molecule has 0 saturated carbocycles. The molecule has 0 radical (unpaired) electrons. The quantitative estimate of drug-likeness (QED) is 0.0610. The van der Waals surface area contributed by atoms with E-state index in [4.69, 9.17) is 9.47 Å². The molecule has 124 heavy (non-hydrogen) atoms. The van der Waals surface area contributed by atoms with Crippen LogP contribution in [0.15, 0.2) is 146 Å². The van der Waals surface area contributed by atoms with E-state index >= 15 is 28.8 Å². The highest BCUT2D eigenvalue weighted by Gasteiger charge is 2.52. The van der Waals surface area contributed by atoms with Crippen LogP contribution in [0.25, 0.3) is 21.5 Å². The van der Waals surface area contributed by atoms with Gasteiger partial charge in [0.05, 0.1) is 36.6 Å². The average molecular weight is 1770 g/mol. The van der Waals surface area contributed by atoms with Gasteiger partial charge in [0.25, 0.3) is 11.8 Å². The molecule has 8 heterocycles. The van der Waals surface area contributed by atoms with Crippen molar-refractivity contribution >= 4 is 101 Å². The molecule has 664 valence electrons. The van der Waals surface area contributed by atoms with Gasteiger partial charge in [-0.2, -0.15) is 43.2 Å². The van der Waals surface area contributed by atoms with Gasteiger partial charge in [0, 0.05) is 51.6 Å². The van der Waals surface area contributed by atoms with E-state index in [1.807, 2.05) is 0 Å². The van der Waals surface area contributed by atoms with Crippen molar-refractivity contribution in [3.05, 3.63) is 179 Å². The molecule has 10 amide bonds. The van der Waals surface area contributed by atoms with Crippen molar-refractivity contribution in [2.45, 2.75) is 191 Å². The lowest BCUT2D eigenvalue weighted by atomic mass is 9.85. The number of carbonyl (C=O) groups excluding carboxylic acids is 10. The number of halogens is 6. The Morgan fingerprint density at radius 1 is 0.484 bits per heavy atom. The maximum absolute atomic E-state index is 15.5. The maximum Gasteiger partial charge on any atom is 0.516 e. The standard InChI is InChI=1S/C82H96F6N18O16S2/c1-45(89-9)69(107)95-67(79(3,4)5)77(115)103-41-57-37-65(103)75(113)93-61(35-49-19-25-51-15-11-13-17-53(51)31-49)71(109)91-63(73(111)99-123(117,118)81(83,84)85)33-47-23-29-60(30-24-47)122-44-56-40-106(102-98-56)58-38-66(104(42-58)78(116)68(80(6,7)8)96-70(108)46(2)90-10)76(114)94-62(36-50-20-26-52-16-12-14-18-54(52)32-50)72(110)92-64(74(112)100-124(119,120)82(86,87)88)34-48-21-27-59(28-22-48)121-43-55-39-105(57)101-97-55/h11-32,39-40,45-46,57-58,61-68,89-90H,33-38,41-44H2,1-10H3,(H,91,109)(H,92,110)(H,93,113)(H,94,114)(H,95,107)(H,96,108)(H,99,111)(H,100,112)/t45-,46-,57-,58-,61-,62-,63-,64-,65-,66-,67+,68+/m0/s1. The van der Waals surface area contributed by atoms with Gasteiger partial charge >= 0.3 is 31.1 Å². The Morgan fingerprint density at radius 3 is 1.16 bits per heavy atom. The van der Waals surface area contributed by atoms with Crippen LogP contribution in [0.1, 0.15) is 114 Å². The Labute approximate surface area is 709 Å². The molecule has 12 atom stereocenters. The normalized spacial score (nSPS) is 21.1. The monoisotopic (exact) mass is 1770 g/mol. The number of carbonyl (C=O) groups is 10. The lowest BCUT2D eigenvalue weighted by molar-refractivity contribution is -0.144. The third-order valence-electron chi connectivity index (χ3n) is 21.7. The number of hydrogen-bond acceptors (Lipinski definition) is 22. The second-order valence-corrected chi connectivity index (χ2v) is 36.3. The van der Waals surface area contributed by atoms with E-state index in [9.17, 15) is 62.4 Å². The summed E-state index contributed by atoms with van der Waals surface area (Å²) >= 11 is 0. The zero-order valence-corrected chi connectivity index (χ0v) is 70.7. The van der Waals surface area contributed by atoms with Crippen LogP contribution in [0.5, 0.6) is 11.5 Å². The van der Waals surface area contributed by atoms with Crippen LogP contribution in [0, 0.1) is 10.8 Å². The predicted molar refractivity (Wildman–Crippen MR) is 436 cm³/mol. The summed E-state index contributed by atoms with van der Waals surface area (Å²) in [5.74, 6) is -10.6. The van der Waals surface area contributed by atoms with Crippen LogP contribution in [0.3, 0.4) is 0 Å². The number of fused-ring (bicyclic) bond motifs is 2. The number of nitrogens with one attached hydrogen (secondary N) is 10. The SMILES string of the molecule is CN[C@@H](C)C(=O)N[C@H](C(=O)N1C[C@@H]2C[C@H]1C(=O)N[C@@H](Cc1ccc3ccccc3c1)C(=O)N[C@H](C(=O)NS(=O)(=O)C(F)(F)F)Cc1ccc(cc1)OCc1cn(nn1)[C@H]1C[C@@H](C(=O)N[C@@H](Cc3ccc4ccccc4c3)C(=O)N[C@H](C(=O)NS(=O)(=O)C(F)(F)F)Cc3ccc(cc3)OCc3cn2nn3)N(C(=O)[C@@H](NC(=O)[C@H](C)NC)C(C)(C)C)C1)C(C)(C)C. The van der Waals surface area contributed by atoms with E-state index in [0.717, 1.165) is 20.2 Å². The molecule has 10 N–H and O–H groups in total. The first-order valence-corrected chi connectivity index (χ1v) is 42.5. The van der Waals surface area contributed by atoms with Gasteiger partial charge in [0.1, 0.15) is 84.4 Å². The van der Waals surface area contributed by atoms with E-state index in [0.29, 0.717) is 21.9 Å². The third-order valence-corrected chi connectivity index (χ3v) is 23.8. The smallest absolute Gasteiger partial charge is 0.487 e. The first-order valence-electron chi connectivity index (χ1n) is 39.5. The third kappa shape index (κ3) is 22.6. The highest BCUT2D eigenvalue weighted by molar-refractivity contribution is 7.91. The van der Waals surface area contributed by atoms with Crippen LogP contribution in [-0.4, -0.2) is 214 Å². The molecule has 8 aromatic rings. The summed E-state index contributed by atoms with van der Waals surface area (Å²) in [4.78, 5) is 150. The largest absolute Gasteiger partial charge is 0.516 e. The van der Waals surface area contributed by atoms with Crippen LogP contribution >= 0.6 is 0 Å². The second kappa shape index (κ2) is 37.9. The first-order chi connectivity index (χ1) is 58.3. The fraction of sp³-hybridized carbons (Fsp3) is 0.439. The van der Waals surface area contributed by atoms with Crippen LogP contribution < -0.4 is 61.5 Å². The lowest BCUT2D eigenvalue weighted by Crippen LogP contribution is -2.61. The summed E-state index contributed by atoms with van der Waals surface area (Å²) in [5.41, 5.74) is -12.9. The first kappa shape index (κ1) is 92.5. The molecule has 0 unspecified atom stereocenters. The molecule has 2 saturated heterocycles. The molecule has 2 aromatic heterocycles. The van der Waals surface area contributed by atoms with Crippen molar-refractivity contribution in [1.82, 2.24) is 91.8 Å². The number of likely N-dealkylation sites (N-methyl/N-ethyl adjacent to an activating group) is 2. The molecule has 42 heteroatoms. The Hall–Kier alpha value is -12.2. The zero-order chi connectivity index (χ0) is 90.3. The van der Waals surface area contributed by atoms with Crippen LogP contribution in [0.4, 0.5) is 26.3 Å². The van der Waals surface area contributed by atoms with E-state index in [-0.39, 0.29) is 73.2 Å². The summed E-state index contributed by atoms with van der Waals surface area (Å²) in [6.45, 7) is 11.8. The molecule has 6 aromatic carbocycles. The maximum atomic E-state index is 15.5. The Balaban J connectivity index is 0.982. The number of rotatable bonds is 16. The molecule has 6 aliphatic heterocycles. The van der Waals surface area contributed by atoms with Crippen molar-refractivity contribution < 1.29 is 101 Å². The number of nitrogens with zero attached hydrogens (tertiary/aromatic N) is 8. The number of sulfonamides is 2. The van der Waals surface area contributed by atoms with Crippen molar-refractivity contribution in [1.29, 1.82) is 0 Å². The molecule has 14 rings (SSSR count). The molecular weight excluding hydrogens is 1670 g/mol. The van der Waals surface area contributed by atoms with Crippen molar-refractivity contribution in [2.24, 2.45) is 10.8 Å². The van der Waals surface area contributed by atoms with Crippen molar-refractivity contribution in [3.8, 4) is 11.5 Å². The Morgan fingerprint density at radius 2 is 0.831 bits per heavy atom. The van der Waals surface area contributed by atoms with Gasteiger partial charge in [-0.15, -0.1) is 10.2 Å². The number of ether oxygens (including phenoxy) is 2. The molecule has 34 nitrogen and oxygen atoms in total. The molecule has 2 fully saturated rings. The summed E-state index contributed by atoms with van der Waals surface area (Å²) in [7, 11) is -9.83. The number of alkyl halides is 6. The van der Waals surface area contributed by atoms with Crippen molar-refractivity contribution in [3.63, 3.8) is 0 Å². The number of amides is 10. The number of benzene rings is 6. The van der Waals surface area contributed by atoms with Gasteiger partial charge in [-0.1, -0.05) is 161 Å².